The number of benzene rings is 3. The van der Waals surface area contributed by atoms with E-state index >= 15 is 0 Å². The lowest BCUT2D eigenvalue weighted by Crippen LogP contribution is -2.30. The van der Waals surface area contributed by atoms with E-state index in [4.69, 9.17) is 0 Å². The van der Waals surface area contributed by atoms with E-state index in [2.05, 4.69) is 3.63 Å². The third kappa shape index (κ3) is 4.19. The first-order valence-electron chi connectivity index (χ1n) is 8.79. The topological polar surface area (TPSA) is 46.9 Å². The number of halogens is 3. The highest BCUT2D eigenvalue weighted by Crippen LogP contribution is 2.68. The van der Waals surface area contributed by atoms with E-state index < -0.39 is 25.9 Å². The second-order valence-corrected chi connectivity index (χ2v) is 10.8. The van der Waals surface area contributed by atoms with Crippen molar-refractivity contribution in [2.45, 2.75) is 33.5 Å². The van der Waals surface area contributed by atoms with Crippen LogP contribution < -0.4 is 0 Å². The quantitative estimate of drug-likeness (QED) is 0.253. The first-order valence-corrected chi connectivity index (χ1v) is 11.8. The van der Waals surface area contributed by atoms with Crippen LogP contribution in [0.5, 0.6) is 0 Å². The molecular formula is C21H20F3O3S2+. The lowest BCUT2D eigenvalue weighted by atomic mass is 10.2. The van der Waals surface area contributed by atoms with Gasteiger partial charge in [-0.25, -0.2) is 0 Å². The zero-order chi connectivity index (χ0) is 21.1. The number of hydrogen-bond donors (Lipinski definition) is 0. The molecule has 29 heavy (non-hydrogen) atoms. The molecule has 0 bridgehead atoms. The fourth-order valence-corrected chi connectivity index (χ4v) is 7.88. The fraction of sp³-hybridized carbons (Fsp3) is 0.143. The lowest BCUT2D eigenvalue weighted by Gasteiger charge is -2.34. The van der Waals surface area contributed by atoms with E-state index in [0.717, 1.165) is 12.0 Å². The molecule has 0 spiro atoms. The van der Waals surface area contributed by atoms with Crippen LogP contribution in [0.4, 0.5) is 13.2 Å². The Balaban J connectivity index is 2.36. The summed E-state index contributed by atoms with van der Waals surface area (Å²) in [6.07, 6.45) is 0.747. The molecule has 0 aliphatic carbocycles. The molecule has 0 aliphatic rings. The summed E-state index contributed by atoms with van der Waals surface area (Å²) in [7, 11) is -8.83. The van der Waals surface area contributed by atoms with Crippen molar-refractivity contribution < 1.29 is 25.2 Å². The molecule has 0 aromatic heterocycles. The van der Waals surface area contributed by atoms with Gasteiger partial charge in [-0.2, -0.15) is 13.2 Å². The van der Waals surface area contributed by atoms with Crippen molar-refractivity contribution in [3.05, 3.63) is 90.5 Å². The Bertz CT molecular complexity index is 1010. The SMILES string of the molecule is CCc1ccc(S([OH+]S(=O)(=O)C(F)(F)F)(c2ccccc2)c2ccccc2)cc1. The minimum absolute atomic E-state index is 0.406. The van der Waals surface area contributed by atoms with Crippen molar-refractivity contribution in [3.63, 3.8) is 0 Å². The molecule has 0 saturated heterocycles. The maximum absolute atomic E-state index is 13.4. The van der Waals surface area contributed by atoms with Gasteiger partial charge in [0.2, 0.25) is 0 Å². The molecule has 1 N–H and O–H groups in total. The maximum atomic E-state index is 13.4. The van der Waals surface area contributed by atoms with E-state index in [-0.39, 0.29) is 0 Å². The van der Waals surface area contributed by atoms with Crippen LogP contribution in [-0.4, -0.2) is 17.6 Å². The Kier molecular flexibility index (Phi) is 6.07. The van der Waals surface area contributed by atoms with Gasteiger partial charge < -0.3 is 0 Å². The molecule has 0 heterocycles. The molecule has 3 nitrogen and oxygen atoms in total. The monoisotopic (exact) mass is 441 g/mol. The second-order valence-electron chi connectivity index (χ2n) is 6.20. The smallest absolute Gasteiger partial charge is 0.255 e. The Morgan fingerprint density at radius 3 is 1.52 bits per heavy atom. The van der Waals surface area contributed by atoms with Gasteiger partial charge in [0.25, 0.3) is 0 Å². The van der Waals surface area contributed by atoms with E-state index in [1.54, 1.807) is 84.9 Å². The minimum Gasteiger partial charge on any atom is -0.255 e. The molecule has 8 heteroatoms. The van der Waals surface area contributed by atoms with E-state index in [0.29, 0.717) is 14.7 Å². The van der Waals surface area contributed by atoms with Gasteiger partial charge >= 0.3 is 15.6 Å². The standard InChI is InChI=1S/C21H19F3O3S2/c1-2-17-13-15-20(16-14-17)28(18-9-5-3-6-10-18,19-11-7-4-8-12-19)27-29(25,26)21(22,23)24/h3-16H,2H2,1H3/p+1. The fourth-order valence-electron chi connectivity index (χ4n) is 2.88. The molecular weight excluding hydrogens is 421 g/mol. The third-order valence-corrected chi connectivity index (χ3v) is 9.47. The summed E-state index contributed by atoms with van der Waals surface area (Å²) in [5.41, 5.74) is -4.50. The van der Waals surface area contributed by atoms with E-state index in [1.807, 2.05) is 6.92 Å². The first kappa shape index (κ1) is 21.4. The molecule has 0 saturated carbocycles. The van der Waals surface area contributed by atoms with Crippen molar-refractivity contribution in [1.82, 2.24) is 0 Å². The molecule has 3 rings (SSSR count). The van der Waals surface area contributed by atoms with Gasteiger partial charge in [-0.1, -0.05) is 55.5 Å². The van der Waals surface area contributed by atoms with Gasteiger partial charge in [0.1, 0.15) is 0 Å². The molecule has 0 fully saturated rings. The summed E-state index contributed by atoms with van der Waals surface area (Å²) in [5, 5.41) is 0. The highest BCUT2D eigenvalue weighted by atomic mass is 32.3. The summed E-state index contributed by atoms with van der Waals surface area (Å²) in [6, 6.07) is 23.5. The van der Waals surface area contributed by atoms with Gasteiger partial charge in [-0.15, -0.1) is 8.42 Å². The number of rotatable bonds is 6. The first-order chi connectivity index (χ1) is 13.7. The Morgan fingerprint density at radius 1 is 0.724 bits per heavy atom. The molecule has 3 aromatic rings. The third-order valence-electron chi connectivity index (χ3n) is 4.34. The predicted molar refractivity (Wildman–Crippen MR) is 109 cm³/mol. The minimum atomic E-state index is -5.75. The van der Waals surface area contributed by atoms with Crippen molar-refractivity contribution >= 4 is 20.4 Å². The average molecular weight is 442 g/mol. The summed E-state index contributed by atoms with van der Waals surface area (Å²) in [4.78, 5) is 1.23. The zero-order valence-corrected chi connectivity index (χ0v) is 17.1. The lowest BCUT2D eigenvalue weighted by molar-refractivity contribution is -0.0540. The van der Waals surface area contributed by atoms with Crippen LogP contribution in [0.2, 0.25) is 0 Å². The van der Waals surface area contributed by atoms with Gasteiger partial charge in [0, 0.05) is 0 Å². The van der Waals surface area contributed by atoms with Crippen molar-refractivity contribution in [3.8, 4) is 0 Å². The molecule has 0 atom stereocenters. The second kappa shape index (κ2) is 8.22. The normalized spacial score (nSPS) is 13.2. The predicted octanol–water partition coefficient (Wildman–Crippen LogP) is 6.39. The highest BCUT2D eigenvalue weighted by molar-refractivity contribution is 8.32. The van der Waals surface area contributed by atoms with E-state index in [9.17, 15) is 21.6 Å². The van der Waals surface area contributed by atoms with Gasteiger partial charge in [-0.05, 0) is 48.4 Å². The molecule has 0 aliphatic heterocycles. The van der Waals surface area contributed by atoms with Crippen LogP contribution in [0, 0.1) is 0 Å². The molecule has 3 aromatic carbocycles. The van der Waals surface area contributed by atoms with Crippen molar-refractivity contribution in [2.24, 2.45) is 0 Å². The van der Waals surface area contributed by atoms with Crippen LogP contribution in [0.25, 0.3) is 0 Å². The maximum Gasteiger partial charge on any atom is 0.572 e. The summed E-state index contributed by atoms with van der Waals surface area (Å²) < 4.78 is 68.2. The summed E-state index contributed by atoms with van der Waals surface area (Å²) in [5.74, 6) is 0. The number of hydrogen-bond acceptors (Lipinski definition) is 2. The average Bonchev–Trinajstić information content (AvgIpc) is 2.72. The van der Waals surface area contributed by atoms with Crippen LogP contribution in [0.1, 0.15) is 12.5 Å². The molecule has 0 radical (unpaired) electrons. The van der Waals surface area contributed by atoms with Crippen molar-refractivity contribution in [2.75, 3.05) is 0 Å². The number of alkyl halides is 3. The summed E-state index contributed by atoms with van der Waals surface area (Å²) in [6.45, 7) is 1.96. The van der Waals surface area contributed by atoms with Crippen LogP contribution in [0.15, 0.2) is 99.6 Å². The molecule has 0 amide bonds. The molecule has 154 valence electrons. The Morgan fingerprint density at radius 2 is 1.14 bits per heavy atom. The largest absolute Gasteiger partial charge is 0.572 e. The van der Waals surface area contributed by atoms with Gasteiger partial charge in [0.15, 0.2) is 0 Å². The number of aryl methyl sites for hydroxylation is 1. The van der Waals surface area contributed by atoms with E-state index in [1.165, 1.54) is 0 Å². The van der Waals surface area contributed by atoms with Gasteiger partial charge in [0.05, 0.1) is 25.0 Å². The van der Waals surface area contributed by atoms with Crippen LogP contribution >= 0.6 is 10.3 Å². The summed E-state index contributed by atoms with van der Waals surface area (Å²) >= 11 is 0. The van der Waals surface area contributed by atoms with Gasteiger partial charge in [-0.3, -0.25) is 3.63 Å². The highest BCUT2D eigenvalue weighted by Gasteiger charge is 2.57. The zero-order valence-electron chi connectivity index (χ0n) is 15.5. The Hall–Kier alpha value is -2.29. The van der Waals surface area contributed by atoms with Crippen molar-refractivity contribution in [1.29, 1.82) is 0 Å². The van der Waals surface area contributed by atoms with Crippen LogP contribution in [0.3, 0.4) is 0 Å². The Labute approximate surface area is 169 Å². The molecule has 0 unspecified atom stereocenters. The van der Waals surface area contributed by atoms with Crippen LogP contribution in [-0.2, 0) is 16.5 Å².